The molecule has 0 spiro atoms. The normalized spacial score (nSPS) is 20.4. The number of halogens is 4. The molecule has 0 heterocycles. The monoisotopic (exact) mass is 624 g/mol. The molecule has 2 nitrogen and oxygen atoms in total. The maximum Gasteiger partial charge on any atom is 0.166 e. The smallest absolute Gasteiger partial charge is 0.166 e. The van der Waals surface area contributed by atoms with E-state index in [0.717, 1.165) is 16.9 Å². The SMILES string of the molecule is COC1=CC(Br)(Br)C(I)(I)C(c2ccccc2)=C1OC. The number of benzene rings is 1. The van der Waals surface area contributed by atoms with E-state index in [1.54, 1.807) is 14.2 Å². The van der Waals surface area contributed by atoms with E-state index >= 15 is 0 Å². The van der Waals surface area contributed by atoms with Crippen LogP contribution in [0.5, 0.6) is 0 Å². The molecule has 0 N–H and O–H groups in total. The molecule has 0 amide bonds. The van der Waals surface area contributed by atoms with E-state index in [1.807, 2.05) is 24.3 Å². The van der Waals surface area contributed by atoms with Crippen LogP contribution in [0.25, 0.3) is 5.57 Å². The summed E-state index contributed by atoms with van der Waals surface area (Å²) in [6, 6.07) is 10.2. The highest BCUT2D eigenvalue weighted by Gasteiger charge is 2.52. The Balaban J connectivity index is 2.74. The van der Waals surface area contributed by atoms with Crippen LogP contribution in [-0.4, -0.2) is 18.9 Å². The van der Waals surface area contributed by atoms with Gasteiger partial charge < -0.3 is 9.47 Å². The number of alkyl halides is 4. The van der Waals surface area contributed by atoms with Crippen LogP contribution < -0.4 is 0 Å². The number of hydrogen-bond donors (Lipinski definition) is 0. The van der Waals surface area contributed by atoms with Crippen LogP contribution in [0.15, 0.2) is 47.9 Å². The summed E-state index contributed by atoms with van der Waals surface area (Å²) >= 11 is 12.3. The van der Waals surface area contributed by atoms with Gasteiger partial charge in [0.15, 0.2) is 11.5 Å². The topological polar surface area (TPSA) is 18.5 Å². The lowest BCUT2D eigenvalue weighted by molar-refractivity contribution is 0.218. The second-order valence-corrected chi connectivity index (χ2v) is 13.1. The molecule has 0 saturated heterocycles. The highest BCUT2D eigenvalue weighted by atomic mass is 127. The predicted molar refractivity (Wildman–Crippen MR) is 107 cm³/mol. The molecular weight excluding hydrogens is 614 g/mol. The van der Waals surface area contributed by atoms with Gasteiger partial charge in [0.25, 0.3) is 0 Å². The van der Waals surface area contributed by atoms with Crippen molar-refractivity contribution in [1.82, 2.24) is 0 Å². The Morgan fingerprint density at radius 2 is 1.60 bits per heavy atom. The highest BCUT2D eigenvalue weighted by molar-refractivity contribution is 14.2. The summed E-state index contributed by atoms with van der Waals surface area (Å²) in [7, 11) is 3.32. The van der Waals surface area contributed by atoms with Gasteiger partial charge in [0, 0.05) is 5.57 Å². The third kappa shape index (κ3) is 2.94. The van der Waals surface area contributed by atoms with Crippen molar-refractivity contribution < 1.29 is 9.47 Å². The number of ether oxygens (including phenoxy) is 2. The standard InChI is InChI=1S/C14H12Br2I2O2/c1-19-10-8-13(15,16)14(17,18)11(12(10)20-2)9-6-4-3-5-7-9/h3-8H,1-2H3. The number of methoxy groups -OCH3 is 2. The Labute approximate surface area is 162 Å². The molecule has 1 aliphatic carbocycles. The fourth-order valence-electron chi connectivity index (χ4n) is 2.02. The van der Waals surface area contributed by atoms with Crippen LogP contribution in [0.4, 0.5) is 0 Å². The van der Waals surface area contributed by atoms with E-state index in [2.05, 4.69) is 89.2 Å². The molecule has 6 heteroatoms. The maximum absolute atomic E-state index is 5.63. The average Bonchev–Trinajstić information content (AvgIpc) is 2.41. The lowest BCUT2D eigenvalue weighted by Crippen LogP contribution is -2.38. The van der Waals surface area contributed by atoms with Crippen LogP contribution >= 0.6 is 77.0 Å². The summed E-state index contributed by atoms with van der Waals surface area (Å²) in [5, 5.41) is 0. The molecule has 0 radical (unpaired) electrons. The van der Waals surface area contributed by atoms with Crippen LogP contribution in [0.1, 0.15) is 5.56 Å². The molecule has 0 unspecified atom stereocenters. The zero-order valence-electron chi connectivity index (χ0n) is 10.8. The van der Waals surface area contributed by atoms with Crippen molar-refractivity contribution in [3.63, 3.8) is 0 Å². The van der Waals surface area contributed by atoms with Crippen LogP contribution in [0.2, 0.25) is 0 Å². The summed E-state index contributed by atoms with van der Waals surface area (Å²) in [6.07, 6.45) is 1.98. The molecule has 0 fully saturated rings. The number of hydrogen-bond acceptors (Lipinski definition) is 2. The molecule has 1 aromatic rings. The fourth-order valence-corrected chi connectivity index (χ4v) is 4.26. The molecule has 0 atom stereocenters. The lowest BCUT2D eigenvalue weighted by Gasteiger charge is -2.39. The maximum atomic E-state index is 5.63. The van der Waals surface area contributed by atoms with Crippen molar-refractivity contribution in [2.45, 2.75) is 4.66 Å². The summed E-state index contributed by atoms with van der Waals surface area (Å²) in [4.78, 5) is 0. The van der Waals surface area contributed by atoms with Crippen molar-refractivity contribution in [1.29, 1.82) is 0 Å². The molecular formula is C14H12Br2I2O2. The summed E-state index contributed by atoms with van der Waals surface area (Å²) < 4.78 is 10.4. The molecule has 0 aliphatic heterocycles. The van der Waals surface area contributed by atoms with Gasteiger partial charge in [0.1, 0.15) is 4.66 Å². The average molecular weight is 626 g/mol. The van der Waals surface area contributed by atoms with E-state index in [0.29, 0.717) is 5.76 Å². The molecule has 1 aliphatic rings. The van der Waals surface area contributed by atoms with Gasteiger partial charge in [0.2, 0.25) is 0 Å². The summed E-state index contributed by atoms with van der Waals surface area (Å²) in [6.45, 7) is 0. The molecule has 0 aromatic heterocycles. The number of rotatable bonds is 3. The van der Waals surface area contributed by atoms with Gasteiger partial charge in [-0.25, -0.2) is 0 Å². The number of allylic oxidation sites excluding steroid dienone is 2. The Kier molecular flexibility index (Phi) is 5.51. The van der Waals surface area contributed by atoms with Crippen LogP contribution in [0.3, 0.4) is 0 Å². The van der Waals surface area contributed by atoms with E-state index in [-0.39, 0.29) is 1.43 Å². The second kappa shape index (κ2) is 6.45. The predicted octanol–water partition coefficient (Wildman–Crippen LogP) is 5.64. The van der Waals surface area contributed by atoms with Crippen molar-refractivity contribution in [2.24, 2.45) is 0 Å². The fraction of sp³-hybridized carbons (Fsp3) is 0.286. The Hall–Kier alpha value is 0.720. The first-order valence-electron chi connectivity index (χ1n) is 5.72. The van der Waals surface area contributed by atoms with E-state index < -0.39 is 3.23 Å². The van der Waals surface area contributed by atoms with Crippen LogP contribution in [0, 0.1) is 0 Å². The highest BCUT2D eigenvalue weighted by Crippen LogP contribution is 2.61. The first-order valence-corrected chi connectivity index (χ1v) is 9.46. The zero-order chi connectivity index (χ0) is 15.0. The van der Waals surface area contributed by atoms with Gasteiger partial charge >= 0.3 is 0 Å². The van der Waals surface area contributed by atoms with Gasteiger partial charge in [-0.1, -0.05) is 107 Å². The molecule has 108 valence electrons. The van der Waals surface area contributed by atoms with Gasteiger partial charge in [0.05, 0.1) is 14.2 Å². The Morgan fingerprint density at radius 3 is 2.10 bits per heavy atom. The molecule has 0 bridgehead atoms. The third-order valence-electron chi connectivity index (χ3n) is 2.98. The first kappa shape index (κ1) is 17.1. The first-order chi connectivity index (χ1) is 9.35. The van der Waals surface area contributed by atoms with Crippen molar-refractivity contribution in [3.8, 4) is 0 Å². The third-order valence-corrected chi connectivity index (χ3v) is 10.4. The Bertz CT molecular complexity index is 566. The Morgan fingerprint density at radius 1 is 1.00 bits per heavy atom. The van der Waals surface area contributed by atoms with Crippen molar-refractivity contribution in [3.05, 3.63) is 53.5 Å². The summed E-state index contributed by atoms with van der Waals surface area (Å²) in [5.41, 5.74) is 2.19. The van der Waals surface area contributed by atoms with Crippen molar-refractivity contribution >= 4 is 82.6 Å². The molecule has 1 aromatic carbocycles. The van der Waals surface area contributed by atoms with E-state index in [4.69, 9.17) is 9.47 Å². The largest absolute Gasteiger partial charge is 0.493 e. The zero-order valence-corrected chi connectivity index (χ0v) is 18.3. The minimum atomic E-state index is -0.424. The van der Waals surface area contributed by atoms with Gasteiger partial charge in [-0.05, 0) is 11.6 Å². The molecule has 20 heavy (non-hydrogen) atoms. The van der Waals surface area contributed by atoms with Crippen molar-refractivity contribution in [2.75, 3.05) is 14.2 Å². The molecule has 0 saturated carbocycles. The van der Waals surface area contributed by atoms with Gasteiger partial charge in [-0.2, -0.15) is 0 Å². The molecule has 2 rings (SSSR count). The quantitative estimate of drug-likeness (QED) is 0.320. The minimum absolute atomic E-state index is 0.281. The minimum Gasteiger partial charge on any atom is -0.493 e. The second-order valence-electron chi connectivity index (χ2n) is 4.18. The van der Waals surface area contributed by atoms with Gasteiger partial charge in [-0.3, -0.25) is 0 Å². The van der Waals surface area contributed by atoms with Gasteiger partial charge in [-0.15, -0.1) is 0 Å². The van der Waals surface area contributed by atoms with E-state index in [1.165, 1.54) is 0 Å². The lowest BCUT2D eigenvalue weighted by atomic mass is 9.95. The van der Waals surface area contributed by atoms with Crippen LogP contribution in [-0.2, 0) is 9.47 Å². The summed E-state index contributed by atoms with van der Waals surface area (Å²) in [5.74, 6) is 1.47. The van der Waals surface area contributed by atoms with E-state index in [9.17, 15) is 0 Å².